The number of aliphatic hydroxyl groups excluding tert-OH is 1. The Morgan fingerprint density at radius 3 is 3.00 bits per heavy atom. The molecule has 0 fully saturated rings. The highest BCUT2D eigenvalue weighted by Crippen LogP contribution is 2.16. The minimum Gasteiger partial charge on any atom is -0.396 e. The maximum absolute atomic E-state index is 8.53. The number of anilines is 1. The van der Waals surface area contributed by atoms with Crippen LogP contribution in [0.3, 0.4) is 0 Å². The minimum absolute atomic E-state index is 0.146. The molecule has 0 saturated heterocycles. The highest BCUT2D eigenvalue weighted by Gasteiger charge is 1.96. The van der Waals surface area contributed by atoms with Gasteiger partial charge in [-0.05, 0) is 18.1 Å². The second kappa shape index (κ2) is 4.84. The van der Waals surface area contributed by atoms with Gasteiger partial charge < -0.3 is 10.8 Å². The van der Waals surface area contributed by atoms with E-state index in [0.29, 0.717) is 17.3 Å². The van der Waals surface area contributed by atoms with Gasteiger partial charge in [-0.15, -0.1) is 0 Å². The lowest BCUT2D eigenvalue weighted by molar-refractivity contribution is 0.303. The molecule has 1 heterocycles. The fourth-order valence-electron chi connectivity index (χ4n) is 0.867. The first-order valence-corrected chi connectivity index (χ1v) is 4.30. The number of pyridine rings is 1. The van der Waals surface area contributed by atoms with E-state index in [1.165, 1.54) is 0 Å². The second-order valence-electron chi connectivity index (χ2n) is 2.56. The third-order valence-corrected chi connectivity index (χ3v) is 1.81. The standard InChI is InChI=1S/C9H11ClN2O/c10-9-8(11)5-7(6-12-9)3-1-2-4-13/h1,3,5-6,13H,2,4,11H2. The summed E-state index contributed by atoms with van der Waals surface area (Å²) in [5, 5.41) is 8.85. The van der Waals surface area contributed by atoms with Crippen molar-refractivity contribution >= 4 is 23.4 Å². The first kappa shape index (κ1) is 10.0. The summed E-state index contributed by atoms with van der Waals surface area (Å²) in [5.74, 6) is 0. The van der Waals surface area contributed by atoms with Crippen molar-refractivity contribution in [1.82, 2.24) is 4.98 Å². The van der Waals surface area contributed by atoms with Crippen LogP contribution in [0, 0.1) is 0 Å². The fourth-order valence-corrected chi connectivity index (χ4v) is 0.971. The van der Waals surface area contributed by atoms with Crippen LogP contribution in [0.2, 0.25) is 5.15 Å². The summed E-state index contributed by atoms with van der Waals surface area (Å²) >= 11 is 5.64. The van der Waals surface area contributed by atoms with Crippen LogP contribution < -0.4 is 5.73 Å². The monoisotopic (exact) mass is 198 g/mol. The average Bonchev–Trinajstić information content (AvgIpc) is 2.12. The van der Waals surface area contributed by atoms with Crippen LogP contribution in [0.15, 0.2) is 18.3 Å². The van der Waals surface area contributed by atoms with Crippen molar-refractivity contribution in [2.24, 2.45) is 0 Å². The van der Waals surface area contributed by atoms with Gasteiger partial charge in [-0.3, -0.25) is 0 Å². The summed E-state index contributed by atoms with van der Waals surface area (Å²) in [6, 6.07) is 1.74. The zero-order valence-corrected chi connectivity index (χ0v) is 7.83. The molecule has 1 aromatic heterocycles. The highest BCUT2D eigenvalue weighted by atomic mass is 35.5. The molecule has 1 aromatic rings. The van der Waals surface area contributed by atoms with Gasteiger partial charge in [0.15, 0.2) is 5.15 Å². The van der Waals surface area contributed by atoms with Gasteiger partial charge >= 0.3 is 0 Å². The molecule has 0 aliphatic heterocycles. The normalized spacial score (nSPS) is 10.9. The molecule has 3 nitrogen and oxygen atoms in total. The van der Waals surface area contributed by atoms with Crippen molar-refractivity contribution in [2.45, 2.75) is 6.42 Å². The molecule has 70 valence electrons. The predicted molar refractivity (Wildman–Crippen MR) is 54.4 cm³/mol. The van der Waals surface area contributed by atoms with E-state index in [4.69, 9.17) is 22.4 Å². The summed E-state index contributed by atoms with van der Waals surface area (Å²) in [6.07, 6.45) is 5.95. The van der Waals surface area contributed by atoms with E-state index in [9.17, 15) is 0 Å². The predicted octanol–water partition coefficient (Wildman–Crippen LogP) is 1.71. The van der Waals surface area contributed by atoms with E-state index in [2.05, 4.69) is 4.98 Å². The number of hydrogen-bond acceptors (Lipinski definition) is 3. The molecule has 0 radical (unpaired) electrons. The molecule has 0 aliphatic rings. The van der Waals surface area contributed by atoms with Crippen molar-refractivity contribution in [3.05, 3.63) is 29.1 Å². The van der Waals surface area contributed by atoms with E-state index in [1.807, 2.05) is 12.2 Å². The van der Waals surface area contributed by atoms with Crippen LogP contribution in [0.5, 0.6) is 0 Å². The number of rotatable bonds is 3. The molecule has 3 N–H and O–H groups in total. The Kier molecular flexibility index (Phi) is 3.73. The Labute approximate surface area is 81.9 Å². The summed E-state index contributed by atoms with van der Waals surface area (Å²) in [7, 11) is 0. The first-order valence-electron chi connectivity index (χ1n) is 3.92. The van der Waals surface area contributed by atoms with Crippen LogP contribution in [0.1, 0.15) is 12.0 Å². The van der Waals surface area contributed by atoms with E-state index in [-0.39, 0.29) is 6.61 Å². The Morgan fingerprint density at radius 2 is 2.38 bits per heavy atom. The van der Waals surface area contributed by atoms with Crippen molar-refractivity contribution in [1.29, 1.82) is 0 Å². The van der Waals surface area contributed by atoms with E-state index in [1.54, 1.807) is 12.3 Å². The molecule has 13 heavy (non-hydrogen) atoms. The van der Waals surface area contributed by atoms with Crippen LogP contribution in [0.25, 0.3) is 6.08 Å². The molecule has 0 aliphatic carbocycles. The van der Waals surface area contributed by atoms with E-state index < -0.39 is 0 Å². The van der Waals surface area contributed by atoms with Crippen molar-refractivity contribution < 1.29 is 5.11 Å². The van der Waals surface area contributed by atoms with E-state index in [0.717, 1.165) is 5.56 Å². The molecule has 1 rings (SSSR count). The summed E-state index contributed by atoms with van der Waals surface area (Å²) in [4.78, 5) is 3.88. The fraction of sp³-hybridized carbons (Fsp3) is 0.222. The van der Waals surface area contributed by atoms with Gasteiger partial charge in [-0.2, -0.15) is 0 Å². The SMILES string of the molecule is Nc1cc(C=CCCO)cnc1Cl. The van der Waals surface area contributed by atoms with Crippen molar-refractivity contribution in [3.8, 4) is 0 Å². The van der Waals surface area contributed by atoms with Crippen LogP contribution >= 0.6 is 11.6 Å². The smallest absolute Gasteiger partial charge is 0.151 e. The topological polar surface area (TPSA) is 59.1 Å². The maximum atomic E-state index is 8.53. The van der Waals surface area contributed by atoms with Gasteiger partial charge in [-0.1, -0.05) is 23.8 Å². The van der Waals surface area contributed by atoms with Crippen LogP contribution in [-0.4, -0.2) is 16.7 Å². The zero-order valence-electron chi connectivity index (χ0n) is 7.07. The average molecular weight is 199 g/mol. The molecule has 0 atom stereocenters. The van der Waals surface area contributed by atoms with Crippen molar-refractivity contribution in [2.75, 3.05) is 12.3 Å². The summed E-state index contributed by atoms with van der Waals surface area (Å²) < 4.78 is 0. The lowest BCUT2D eigenvalue weighted by Gasteiger charge is -1.97. The Hall–Kier alpha value is -1.06. The highest BCUT2D eigenvalue weighted by molar-refractivity contribution is 6.31. The molecule has 0 amide bonds. The third kappa shape index (κ3) is 3.05. The molecule has 4 heteroatoms. The van der Waals surface area contributed by atoms with Gasteiger partial charge in [0.05, 0.1) is 5.69 Å². The number of aromatic nitrogens is 1. The number of aliphatic hydroxyl groups is 1. The number of hydrogen-bond donors (Lipinski definition) is 2. The molecule has 0 bridgehead atoms. The van der Waals surface area contributed by atoms with E-state index >= 15 is 0 Å². The number of nitrogen functional groups attached to an aromatic ring is 1. The molecule has 0 unspecified atom stereocenters. The first-order chi connectivity index (χ1) is 6.24. The third-order valence-electron chi connectivity index (χ3n) is 1.49. The zero-order chi connectivity index (χ0) is 9.68. The molecule has 0 saturated carbocycles. The summed E-state index contributed by atoms with van der Waals surface area (Å²) in [6.45, 7) is 0.146. The lowest BCUT2D eigenvalue weighted by atomic mass is 10.2. The molecular weight excluding hydrogens is 188 g/mol. The van der Waals surface area contributed by atoms with Gasteiger partial charge in [0.2, 0.25) is 0 Å². The minimum atomic E-state index is 0.146. The quantitative estimate of drug-likeness (QED) is 0.727. The number of halogens is 1. The van der Waals surface area contributed by atoms with Gasteiger partial charge in [0.1, 0.15) is 0 Å². The Morgan fingerprint density at radius 1 is 1.62 bits per heavy atom. The molecule has 0 aromatic carbocycles. The van der Waals surface area contributed by atoms with Crippen LogP contribution in [-0.2, 0) is 0 Å². The molecule has 0 spiro atoms. The van der Waals surface area contributed by atoms with Gasteiger partial charge in [-0.25, -0.2) is 4.98 Å². The van der Waals surface area contributed by atoms with Gasteiger partial charge in [0, 0.05) is 12.8 Å². The number of nitrogens with zero attached hydrogens (tertiary/aromatic N) is 1. The Balaban J connectivity index is 2.73. The lowest BCUT2D eigenvalue weighted by Crippen LogP contribution is -1.89. The van der Waals surface area contributed by atoms with Gasteiger partial charge in [0.25, 0.3) is 0 Å². The maximum Gasteiger partial charge on any atom is 0.151 e. The second-order valence-corrected chi connectivity index (χ2v) is 2.92. The largest absolute Gasteiger partial charge is 0.396 e. The Bertz CT molecular complexity index is 312. The molecular formula is C9H11ClN2O. The summed E-state index contributed by atoms with van der Waals surface area (Å²) in [5.41, 5.74) is 6.90. The van der Waals surface area contributed by atoms with Crippen molar-refractivity contribution in [3.63, 3.8) is 0 Å². The number of nitrogens with two attached hydrogens (primary N) is 1. The van der Waals surface area contributed by atoms with Crippen LogP contribution in [0.4, 0.5) is 5.69 Å².